The molecule has 0 spiro atoms. The summed E-state index contributed by atoms with van der Waals surface area (Å²) in [6, 6.07) is 0. The maximum atomic E-state index is 12.7. The Bertz CT molecular complexity index is 1110. The molecule has 0 aromatic carbocycles. The smallest absolute Gasteiger partial charge is 0.223 e. The van der Waals surface area contributed by atoms with Crippen LogP contribution in [0.25, 0.3) is 0 Å². The summed E-state index contributed by atoms with van der Waals surface area (Å²) in [4.78, 5) is 12.7. The second kappa shape index (κ2) is 11.0. The van der Waals surface area contributed by atoms with Gasteiger partial charge in [-0.1, -0.05) is 25.5 Å². The lowest BCUT2D eigenvalue weighted by Crippen LogP contribution is -2.59. The lowest BCUT2D eigenvalue weighted by Gasteiger charge is -2.59. The molecule has 6 rings (SSSR count). The number of aliphatic hydroxyl groups is 3. The second-order valence-electron chi connectivity index (χ2n) is 14.9. The Balaban J connectivity index is 1.14. The van der Waals surface area contributed by atoms with Crippen molar-refractivity contribution in [2.75, 3.05) is 0 Å². The molecule has 42 heavy (non-hydrogen) atoms. The Kier molecular flexibility index (Phi) is 8.12. The highest BCUT2D eigenvalue weighted by atomic mass is 16.7. The number of hydrogen-bond acceptors (Lipinski definition) is 8. The van der Waals surface area contributed by atoms with Crippen LogP contribution in [0.4, 0.5) is 0 Å². The fraction of sp³-hybridized carbons (Fsp3) is 0.853. The third-order valence-electron chi connectivity index (χ3n) is 12.7. The number of carbonyl (C=O) groups is 1. The van der Waals surface area contributed by atoms with E-state index >= 15 is 0 Å². The van der Waals surface area contributed by atoms with Crippen LogP contribution in [0.5, 0.6) is 0 Å². The van der Waals surface area contributed by atoms with Crippen LogP contribution in [0.3, 0.4) is 0 Å². The summed E-state index contributed by atoms with van der Waals surface area (Å²) in [7, 11) is 0. The van der Waals surface area contributed by atoms with Crippen molar-refractivity contribution >= 4 is 5.78 Å². The van der Waals surface area contributed by atoms with E-state index in [1.165, 1.54) is 5.57 Å². The minimum Gasteiger partial charge on any atom is -0.390 e. The molecule has 3 saturated carbocycles. The van der Waals surface area contributed by atoms with Crippen molar-refractivity contribution in [3.8, 4) is 0 Å². The van der Waals surface area contributed by atoms with Crippen LogP contribution in [-0.4, -0.2) is 75.9 Å². The summed E-state index contributed by atoms with van der Waals surface area (Å²) >= 11 is 0. The number of rotatable bonds is 5. The lowest BCUT2D eigenvalue weighted by molar-refractivity contribution is -0.288. The van der Waals surface area contributed by atoms with E-state index in [0.717, 1.165) is 50.5 Å². The summed E-state index contributed by atoms with van der Waals surface area (Å²) < 4.78 is 24.3. The molecule has 236 valence electrons. The molecule has 0 aromatic heterocycles. The number of carbonyl (C=O) groups excluding carboxylic acids is 1. The number of allylic oxidation sites excluding steroid dienone is 1. The summed E-state index contributed by atoms with van der Waals surface area (Å²) in [6.45, 7) is 12.2. The SMILES string of the molecule is CC1=C[C@@H](C)O[C@@H](O[C@H]2CC[C@@]3(C)C(=CC[C@@H]4[C@@H]3CC[C@@]3(C)[C@H]4CC[C@]3(O)[C@H](C)O[C@H]3C[C@@H](O)[C@H](O)[C@@H](C)O3)C2)C1=O. The lowest BCUT2D eigenvalue weighted by atomic mass is 9.46. The fourth-order valence-corrected chi connectivity index (χ4v) is 10.1. The minimum atomic E-state index is -0.983. The predicted molar refractivity (Wildman–Crippen MR) is 156 cm³/mol. The molecule has 4 aliphatic carbocycles. The Morgan fingerprint density at radius 2 is 1.79 bits per heavy atom. The zero-order valence-electron chi connectivity index (χ0n) is 26.3. The van der Waals surface area contributed by atoms with Crippen LogP contribution in [0.1, 0.15) is 99.3 Å². The normalized spacial score (nSPS) is 51.6. The van der Waals surface area contributed by atoms with Gasteiger partial charge in [-0.2, -0.15) is 0 Å². The first kappa shape index (κ1) is 30.9. The highest BCUT2D eigenvalue weighted by Crippen LogP contribution is 2.68. The van der Waals surface area contributed by atoms with Gasteiger partial charge < -0.3 is 34.3 Å². The largest absolute Gasteiger partial charge is 0.390 e. The zero-order chi connectivity index (χ0) is 30.2. The third-order valence-corrected chi connectivity index (χ3v) is 12.7. The second-order valence-corrected chi connectivity index (χ2v) is 14.9. The predicted octanol–water partition coefficient (Wildman–Crippen LogP) is 4.59. The number of ether oxygens (including phenoxy) is 4. The van der Waals surface area contributed by atoms with E-state index in [0.29, 0.717) is 24.2 Å². The molecule has 0 aromatic rings. The summed E-state index contributed by atoms with van der Waals surface area (Å²) in [5, 5.41) is 32.6. The van der Waals surface area contributed by atoms with Gasteiger partial charge in [-0.25, -0.2) is 0 Å². The number of aliphatic hydroxyl groups excluding tert-OH is 2. The number of Topliss-reactive ketones (excluding diaryl/α,β-unsaturated/α-hetero) is 1. The van der Waals surface area contributed by atoms with Crippen molar-refractivity contribution in [1.29, 1.82) is 0 Å². The Labute approximate surface area is 250 Å². The molecule has 8 heteroatoms. The van der Waals surface area contributed by atoms with Crippen LogP contribution in [0, 0.1) is 28.6 Å². The Morgan fingerprint density at radius 3 is 2.52 bits per heavy atom. The first-order valence-corrected chi connectivity index (χ1v) is 16.4. The van der Waals surface area contributed by atoms with Crippen LogP contribution in [0.15, 0.2) is 23.3 Å². The molecule has 3 N–H and O–H groups in total. The van der Waals surface area contributed by atoms with Gasteiger partial charge in [-0.15, -0.1) is 0 Å². The summed E-state index contributed by atoms with van der Waals surface area (Å²) in [6.07, 6.45) is 7.63. The van der Waals surface area contributed by atoms with Gasteiger partial charge in [0.05, 0.1) is 36.1 Å². The molecule has 8 nitrogen and oxygen atoms in total. The molecule has 0 amide bonds. The van der Waals surface area contributed by atoms with E-state index in [2.05, 4.69) is 19.9 Å². The van der Waals surface area contributed by atoms with E-state index in [9.17, 15) is 20.1 Å². The number of fused-ring (bicyclic) bond motifs is 5. The molecule has 0 bridgehead atoms. The topological polar surface area (TPSA) is 115 Å². The molecule has 4 fully saturated rings. The van der Waals surface area contributed by atoms with Gasteiger partial charge in [0.25, 0.3) is 0 Å². The van der Waals surface area contributed by atoms with Crippen molar-refractivity contribution in [2.45, 2.75) is 154 Å². The van der Waals surface area contributed by atoms with Gasteiger partial charge in [0.2, 0.25) is 12.1 Å². The van der Waals surface area contributed by atoms with Gasteiger partial charge >= 0.3 is 0 Å². The summed E-state index contributed by atoms with van der Waals surface area (Å²) in [5.41, 5.74) is 1.05. The first-order chi connectivity index (χ1) is 19.8. The summed E-state index contributed by atoms with van der Waals surface area (Å²) in [5.74, 6) is 1.41. The van der Waals surface area contributed by atoms with Gasteiger partial charge in [-0.3, -0.25) is 4.79 Å². The zero-order valence-corrected chi connectivity index (χ0v) is 26.3. The standard InChI is InChI=1S/C34H52O8/c1-18-15-19(2)39-31(29(18)36)42-23-9-12-32(5)22(16-23)7-8-24-25(32)10-13-33(6)26(24)11-14-34(33,38)21(4)41-28-17-27(35)30(37)20(3)40-28/h7,15,19-21,23-28,30-31,35,37-38H,8-14,16-17H2,1-6H3/t19-,20-,21+,23+,24-,25+,26+,27-,28+,30-,31+,32+,33+,34+/m1/s1. The average Bonchev–Trinajstić information content (AvgIpc) is 3.21. The highest BCUT2D eigenvalue weighted by molar-refractivity contribution is 5.98. The van der Waals surface area contributed by atoms with E-state index in [1.54, 1.807) is 6.92 Å². The van der Waals surface area contributed by atoms with Crippen LogP contribution >= 0.6 is 0 Å². The molecular formula is C34H52O8. The van der Waals surface area contributed by atoms with Crippen molar-refractivity contribution in [3.05, 3.63) is 23.3 Å². The highest BCUT2D eigenvalue weighted by Gasteiger charge is 2.65. The Morgan fingerprint density at radius 1 is 1.05 bits per heavy atom. The minimum absolute atomic E-state index is 0.0132. The maximum absolute atomic E-state index is 12.7. The van der Waals surface area contributed by atoms with Crippen LogP contribution in [0.2, 0.25) is 0 Å². The first-order valence-electron chi connectivity index (χ1n) is 16.4. The van der Waals surface area contributed by atoms with Gasteiger partial charge in [-0.05, 0) is 114 Å². The molecule has 14 atom stereocenters. The molecule has 2 aliphatic heterocycles. The Hall–Kier alpha value is -1.13. The van der Waals surface area contributed by atoms with Gasteiger partial charge in [0, 0.05) is 11.8 Å². The number of hydrogen-bond donors (Lipinski definition) is 3. The van der Waals surface area contributed by atoms with Crippen molar-refractivity contribution in [2.24, 2.45) is 28.6 Å². The van der Waals surface area contributed by atoms with E-state index in [-0.39, 0.29) is 35.2 Å². The number of ketones is 1. The van der Waals surface area contributed by atoms with Crippen molar-refractivity contribution in [1.82, 2.24) is 0 Å². The molecule has 0 radical (unpaired) electrons. The van der Waals surface area contributed by atoms with Crippen LogP contribution in [-0.2, 0) is 23.7 Å². The molecule has 0 unspecified atom stereocenters. The molecular weight excluding hydrogens is 536 g/mol. The molecule has 6 aliphatic rings. The van der Waals surface area contributed by atoms with E-state index in [1.807, 2.05) is 26.8 Å². The fourth-order valence-electron chi connectivity index (χ4n) is 10.1. The van der Waals surface area contributed by atoms with Crippen molar-refractivity contribution in [3.63, 3.8) is 0 Å². The van der Waals surface area contributed by atoms with Gasteiger partial charge in [0.1, 0.15) is 6.10 Å². The molecule has 1 saturated heterocycles. The van der Waals surface area contributed by atoms with Crippen LogP contribution < -0.4 is 0 Å². The van der Waals surface area contributed by atoms with E-state index < -0.39 is 42.6 Å². The van der Waals surface area contributed by atoms with Crippen molar-refractivity contribution < 1.29 is 39.1 Å². The monoisotopic (exact) mass is 588 g/mol. The van der Waals surface area contributed by atoms with E-state index in [4.69, 9.17) is 18.9 Å². The molecule has 2 heterocycles. The maximum Gasteiger partial charge on any atom is 0.223 e. The van der Waals surface area contributed by atoms with Gasteiger partial charge in [0.15, 0.2) is 6.29 Å². The quantitative estimate of drug-likeness (QED) is 0.400. The average molecular weight is 589 g/mol. The third kappa shape index (κ3) is 4.88.